The van der Waals surface area contributed by atoms with Crippen molar-refractivity contribution >= 4 is 11.6 Å². The first-order valence-corrected chi connectivity index (χ1v) is 7.26. The number of nitrogens with two attached hydrogens (primary N) is 1. The van der Waals surface area contributed by atoms with Gasteiger partial charge >= 0.3 is 0 Å². The molecule has 2 rings (SSSR count). The van der Waals surface area contributed by atoms with E-state index in [0.717, 1.165) is 13.1 Å². The van der Waals surface area contributed by atoms with E-state index in [-0.39, 0.29) is 5.91 Å². The fourth-order valence-electron chi connectivity index (χ4n) is 2.94. The van der Waals surface area contributed by atoms with Crippen LogP contribution in [-0.2, 0) is 4.79 Å². The number of amides is 1. The van der Waals surface area contributed by atoms with Crippen LogP contribution in [0.4, 0.5) is 5.69 Å². The molecule has 2 N–H and O–H groups in total. The Morgan fingerprint density at radius 2 is 2.00 bits per heavy atom. The Hall–Kier alpha value is -1.71. The minimum absolute atomic E-state index is 0.0609. The highest BCUT2D eigenvalue weighted by Crippen LogP contribution is 2.22. The lowest BCUT2D eigenvalue weighted by Gasteiger charge is -2.36. The zero-order valence-corrected chi connectivity index (χ0v) is 12.5. The maximum Gasteiger partial charge on any atom is 0.263 e. The molecule has 20 heavy (non-hydrogen) atoms. The quantitative estimate of drug-likeness (QED) is 0.863. The van der Waals surface area contributed by atoms with Gasteiger partial charge in [0.25, 0.3) is 5.91 Å². The molecule has 0 radical (unpaired) electrons. The van der Waals surface area contributed by atoms with Crippen molar-refractivity contribution in [3.8, 4) is 5.75 Å². The van der Waals surface area contributed by atoms with E-state index in [1.165, 1.54) is 6.42 Å². The molecule has 0 spiro atoms. The van der Waals surface area contributed by atoms with Gasteiger partial charge in [0.05, 0.1) is 0 Å². The molecule has 0 aliphatic carbocycles. The Balaban J connectivity index is 1.98. The number of piperidine rings is 1. The molecule has 0 bridgehead atoms. The third-order valence-corrected chi connectivity index (χ3v) is 3.70. The lowest BCUT2D eigenvalue weighted by molar-refractivity contribution is -0.140. The molecule has 0 saturated carbocycles. The third-order valence-electron chi connectivity index (χ3n) is 3.70. The van der Waals surface area contributed by atoms with Crippen molar-refractivity contribution < 1.29 is 9.53 Å². The van der Waals surface area contributed by atoms with Gasteiger partial charge in [0.15, 0.2) is 6.10 Å². The number of nitrogens with zero attached hydrogens (tertiary/aromatic N) is 1. The van der Waals surface area contributed by atoms with E-state index >= 15 is 0 Å². The largest absolute Gasteiger partial charge is 0.481 e. The lowest BCUT2D eigenvalue weighted by atomic mass is 9.91. The SMILES string of the molecule is C[C@@H]1C[C@@H](C)CN(C(=O)[C@H](C)Oc2cccc(N)c2)C1. The first kappa shape index (κ1) is 14.7. The molecule has 0 aromatic heterocycles. The smallest absolute Gasteiger partial charge is 0.263 e. The fraction of sp³-hybridized carbons (Fsp3) is 0.562. The number of ether oxygens (including phenoxy) is 1. The van der Waals surface area contributed by atoms with Gasteiger partial charge in [0.1, 0.15) is 5.75 Å². The molecule has 110 valence electrons. The minimum Gasteiger partial charge on any atom is -0.481 e. The van der Waals surface area contributed by atoms with Crippen LogP contribution in [-0.4, -0.2) is 30.0 Å². The number of benzene rings is 1. The highest BCUT2D eigenvalue weighted by Gasteiger charge is 2.29. The van der Waals surface area contributed by atoms with Crippen LogP contribution in [0.15, 0.2) is 24.3 Å². The number of likely N-dealkylation sites (tertiary alicyclic amines) is 1. The predicted molar refractivity (Wildman–Crippen MR) is 80.5 cm³/mol. The minimum atomic E-state index is -0.478. The van der Waals surface area contributed by atoms with Crippen LogP contribution in [0.3, 0.4) is 0 Å². The van der Waals surface area contributed by atoms with Crippen molar-refractivity contribution in [2.45, 2.75) is 33.3 Å². The summed E-state index contributed by atoms with van der Waals surface area (Å²) < 4.78 is 5.71. The zero-order chi connectivity index (χ0) is 14.7. The van der Waals surface area contributed by atoms with Crippen molar-refractivity contribution in [2.75, 3.05) is 18.8 Å². The van der Waals surface area contributed by atoms with E-state index in [2.05, 4.69) is 13.8 Å². The average molecular weight is 276 g/mol. The van der Waals surface area contributed by atoms with Crippen LogP contribution in [0.1, 0.15) is 27.2 Å². The van der Waals surface area contributed by atoms with Crippen molar-refractivity contribution in [3.05, 3.63) is 24.3 Å². The summed E-state index contributed by atoms with van der Waals surface area (Å²) in [5.41, 5.74) is 6.36. The molecule has 1 aliphatic heterocycles. The van der Waals surface area contributed by atoms with Gasteiger partial charge in [-0.3, -0.25) is 4.79 Å². The zero-order valence-electron chi connectivity index (χ0n) is 12.5. The number of carbonyl (C=O) groups excluding carboxylic acids is 1. The number of anilines is 1. The molecule has 3 atom stereocenters. The lowest BCUT2D eigenvalue weighted by Crippen LogP contribution is -2.47. The van der Waals surface area contributed by atoms with E-state index < -0.39 is 6.10 Å². The monoisotopic (exact) mass is 276 g/mol. The maximum atomic E-state index is 12.4. The number of nitrogen functional groups attached to an aromatic ring is 1. The van der Waals surface area contributed by atoms with Gasteiger partial charge in [0, 0.05) is 24.8 Å². The van der Waals surface area contributed by atoms with Gasteiger partial charge in [-0.25, -0.2) is 0 Å². The fourth-order valence-corrected chi connectivity index (χ4v) is 2.94. The first-order valence-electron chi connectivity index (χ1n) is 7.26. The summed E-state index contributed by atoms with van der Waals surface area (Å²) >= 11 is 0. The van der Waals surface area contributed by atoms with Gasteiger partial charge in [-0.05, 0) is 37.3 Å². The van der Waals surface area contributed by atoms with Gasteiger partial charge in [-0.1, -0.05) is 19.9 Å². The molecule has 1 aliphatic rings. The summed E-state index contributed by atoms with van der Waals surface area (Å²) in [6, 6.07) is 7.19. The molecule has 0 unspecified atom stereocenters. The molecule has 1 aromatic rings. The van der Waals surface area contributed by atoms with Crippen molar-refractivity contribution in [1.82, 2.24) is 4.90 Å². The second kappa shape index (κ2) is 6.16. The first-order chi connectivity index (χ1) is 9.45. The van der Waals surface area contributed by atoms with E-state index in [0.29, 0.717) is 23.3 Å². The molecular weight excluding hydrogens is 252 g/mol. The Kier molecular flexibility index (Phi) is 4.53. The molecule has 1 amide bonds. The van der Waals surface area contributed by atoms with E-state index in [1.54, 1.807) is 19.1 Å². The maximum absolute atomic E-state index is 12.4. The van der Waals surface area contributed by atoms with E-state index in [1.807, 2.05) is 17.0 Å². The van der Waals surface area contributed by atoms with Gasteiger partial charge in [-0.2, -0.15) is 0 Å². The van der Waals surface area contributed by atoms with Crippen molar-refractivity contribution in [3.63, 3.8) is 0 Å². The summed E-state index contributed by atoms with van der Waals surface area (Å²) in [6.45, 7) is 7.84. The average Bonchev–Trinajstić information content (AvgIpc) is 2.36. The Bertz CT molecular complexity index is 465. The summed E-state index contributed by atoms with van der Waals surface area (Å²) in [5.74, 6) is 1.82. The van der Waals surface area contributed by atoms with Crippen LogP contribution in [0.5, 0.6) is 5.75 Å². The van der Waals surface area contributed by atoms with Crippen LogP contribution in [0, 0.1) is 11.8 Å². The molecule has 1 heterocycles. The van der Waals surface area contributed by atoms with Gasteiger partial charge in [0.2, 0.25) is 0 Å². The summed E-state index contributed by atoms with van der Waals surface area (Å²) in [7, 11) is 0. The van der Waals surface area contributed by atoms with E-state index in [4.69, 9.17) is 10.5 Å². The number of carbonyl (C=O) groups is 1. The molecule has 1 saturated heterocycles. The Morgan fingerprint density at radius 3 is 2.60 bits per heavy atom. The second-order valence-corrected chi connectivity index (χ2v) is 6.02. The van der Waals surface area contributed by atoms with Crippen LogP contribution in [0.25, 0.3) is 0 Å². The van der Waals surface area contributed by atoms with Crippen LogP contribution in [0.2, 0.25) is 0 Å². The number of hydrogen-bond acceptors (Lipinski definition) is 3. The Labute approximate surface area is 120 Å². The van der Waals surface area contributed by atoms with Crippen molar-refractivity contribution in [2.24, 2.45) is 11.8 Å². The standard InChI is InChI=1S/C16H24N2O2/c1-11-7-12(2)10-18(9-11)16(19)13(3)20-15-6-4-5-14(17)8-15/h4-6,8,11-13H,7,9-10,17H2,1-3H3/t11-,12-,13+/m1/s1. The Morgan fingerprint density at radius 1 is 1.35 bits per heavy atom. The van der Waals surface area contributed by atoms with E-state index in [9.17, 15) is 4.79 Å². The van der Waals surface area contributed by atoms with Crippen molar-refractivity contribution in [1.29, 1.82) is 0 Å². The molecule has 1 aromatic carbocycles. The summed E-state index contributed by atoms with van der Waals surface area (Å²) in [5, 5.41) is 0. The predicted octanol–water partition coefficient (Wildman–Crippen LogP) is 2.54. The van der Waals surface area contributed by atoms with Gasteiger partial charge < -0.3 is 15.4 Å². The normalized spacial score (nSPS) is 24.2. The topological polar surface area (TPSA) is 55.6 Å². The summed E-state index contributed by atoms with van der Waals surface area (Å²) in [4.78, 5) is 14.4. The van der Waals surface area contributed by atoms with Gasteiger partial charge in [-0.15, -0.1) is 0 Å². The molecule has 1 fully saturated rings. The summed E-state index contributed by atoms with van der Waals surface area (Å²) in [6.07, 6.45) is 0.711. The van der Waals surface area contributed by atoms with Crippen LogP contribution < -0.4 is 10.5 Å². The number of hydrogen-bond donors (Lipinski definition) is 1. The second-order valence-electron chi connectivity index (χ2n) is 6.02. The number of rotatable bonds is 3. The van der Waals surface area contributed by atoms with Crippen LogP contribution >= 0.6 is 0 Å². The third kappa shape index (κ3) is 3.65. The highest BCUT2D eigenvalue weighted by molar-refractivity contribution is 5.81. The molecular formula is C16H24N2O2. The molecule has 4 heteroatoms. The molecule has 4 nitrogen and oxygen atoms in total. The highest BCUT2D eigenvalue weighted by atomic mass is 16.5.